The smallest absolute Gasteiger partial charge is 0.119 e. The number of benzene rings is 2. The van der Waals surface area contributed by atoms with E-state index in [0.717, 1.165) is 25.3 Å². The number of anilines is 1. The van der Waals surface area contributed by atoms with E-state index < -0.39 is 0 Å². The van der Waals surface area contributed by atoms with E-state index in [1.54, 1.807) is 0 Å². The molecule has 2 aromatic rings. The minimum absolute atomic E-state index is 0.484. The summed E-state index contributed by atoms with van der Waals surface area (Å²) in [7, 11) is 0. The molecule has 0 fully saturated rings. The monoisotopic (exact) mass is 253 g/mol. The van der Waals surface area contributed by atoms with Crippen LogP contribution >= 0.6 is 0 Å². The molecule has 1 unspecified atom stereocenters. The predicted molar refractivity (Wildman–Crippen MR) is 79.0 cm³/mol. The Hall–Kier alpha value is -1.96. The molecule has 0 saturated heterocycles. The molecule has 2 heteroatoms. The average molecular weight is 253 g/mol. The van der Waals surface area contributed by atoms with E-state index in [1.165, 1.54) is 16.8 Å². The van der Waals surface area contributed by atoms with Gasteiger partial charge in [0.05, 0.1) is 6.61 Å². The second-order valence-corrected chi connectivity index (χ2v) is 5.13. The van der Waals surface area contributed by atoms with Crippen LogP contribution in [0.3, 0.4) is 0 Å². The highest BCUT2D eigenvalue weighted by Crippen LogP contribution is 2.31. The molecule has 0 spiro atoms. The van der Waals surface area contributed by atoms with Crippen molar-refractivity contribution in [2.45, 2.75) is 19.3 Å². The maximum atomic E-state index is 5.96. The average Bonchev–Trinajstić information content (AvgIpc) is 2.45. The fourth-order valence-electron chi connectivity index (χ4n) is 2.63. The lowest BCUT2D eigenvalue weighted by molar-refractivity contribution is 0.281. The summed E-state index contributed by atoms with van der Waals surface area (Å²) in [6.07, 6.45) is 1.13. The van der Waals surface area contributed by atoms with Crippen molar-refractivity contribution in [1.82, 2.24) is 0 Å². The van der Waals surface area contributed by atoms with Crippen LogP contribution in [-0.4, -0.2) is 13.2 Å². The summed E-state index contributed by atoms with van der Waals surface area (Å²) >= 11 is 0. The molecule has 19 heavy (non-hydrogen) atoms. The molecule has 1 N–H and O–H groups in total. The number of nitrogens with one attached hydrogen (secondary N) is 1. The minimum atomic E-state index is 0.484. The molecule has 2 aromatic carbocycles. The number of ether oxygens (including phenoxy) is 1. The van der Waals surface area contributed by atoms with Crippen LogP contribution in [0.2, 0.25) is 0 Å². The number of hydrogen-bond acceptors (Lipinski definition) is 2. The molecular formula is C17H19NO. The Labute approximate surface area is 114 Å². The van der Waals surface area contributed by atoms with Crippen LogP contribution in [0.25, 0.3) is 0 Å². The van der Waals surface area contributed by atoms with Crippen molar-refractivity contribution in [2.24, 2.45) is 0 Å². The fourth-order valence-corrected chi connectivity index (χ4v) is 2.63. The summed E-state index contributed by atoms with van der Waals surface area (Å²) < 4.78 is 5.96. The van der Waals surface area contributed by atoms with E-state index in [4.69, 9.17) is 4.74 Å². The first-order valence-corrected chi connectivity index (χ1v) is 6.85. The molecule has 1 atom stereocenters. The third-order valence-electron chi connectivity index (χ3n) is 3.65. The standard InChI is InChI=1S/C17H19NO/c1-13-5-4-6-15(11-13)19-12-14-9-10-18-17-8-3-2-7-16(14)17/h2-8,11,14,18H,9-10,12H2,1H3. The first kappa shape index (κ1) is 12.1. The number of rotatable bonds is 3. The van der Waals surface area contributed by atoms with Gasteiger partial charge < -0.3 is 10.1 Å². The number of hydrogen-bond donors (Lipinski definition) is 1. The zero-order chi connectivity index (χ0) is 13.1. The molecule has 0 aromatic heterocycles. The van der Waals surface area contributed by atoms with E-state index >= 15 is 0 Å². The summed E-state index contributed by atoms with van der Waals surface area (Å²) in [6.45, 7) is 3.87. The van der Waals surface area contributed by atoms with Gasteiger partial charge in [0, 0.05) is 18.2 Å². The number of fused-ring (bicyclic) bond motifs is 1. The summed E-state index contributed by atoms with van der Waals surface area (Å²) in [5.74, 6) is 1.45. The normalized spacial score (nSPS) is 17.4. The lowest BCUT2D eigenvalue weighted by atomic mass is 9.92. The lowest BCUT2D eigenvalue weighted by Crippen LogP contribution is -2.21. The Kier molecular flexibility index (Phi) is 3.41. The van der Waals surface area contributed by atoms with E-state index in [9.17, 15) is 0 Å². The van der Waals surface area contributed by atoms with Gasteiger partial charge in [0.2, 0.25) is 0 Å². The van der Waals surface area contributed by atoms with Crippen LogP contribution in [0, 0.1) is 6.92 Å². The van der Waals surface area contributed by atoms with Crippen LogP contribution in [0.5, 0.6) is 5.75 Å². The first-order valence-electron chi connectivity index (χ1n) is 6.85. The van der Waals surface area contributed by atoms with Crippen molar-refractivity contribution < 1.29 is 4.74 Å². The van der Waals surface area contributed by atoms with Gasteiger partial charge in [0.25, 0.3) is 0 Å². The van der Waals surface area contributed by atoms with Gasteiger partial charge in [-0.25, -0.2) is 0 Å². The van der Waals surface area contributed by atoms with Crippen molar-refractivity contribution >= 4 is 5.69 Å². The molecule has 2 nitrogen and oxygen atoms in total. The molecule has 0 bridgehead atoms. The van der Waals surface area contributed by atoms with Crippen molar-refractivity contribution in [3.05, 3.63) is 59.7 Å². The molecular weight excluding hydrogens is 234 g/mol. The largest absolute Gasteiger partial charge is 0.493 e. The van der Waals surface area contributed by atoms with Gasteiger partial charge in [-0.2, -0.15) is 0 Å². The molecule has 0 radical (unpaired) electrons. The molecule has 0 amide bonds. The van der Waals surface area contributed by atoms with E-state index in [2.05, 4.69) is 48.6 Å². The highest BCUT2D eigenvalue weighted by Gasteiger charge is 2.19. The topological polar surface area (TPSA) is 21.3 Å². The van der Waals surface area contributed by atoms with Gasteiger partial charge in [0.1, 0.15) is 5.75 Å². The molecule has 98 valence electrons. The Morgan fingerprint density at radius 3 is 2.95 bits per heavy atom. The molecule has 3 rings (SSSR count). The third kappa shape index (κ3) is 2.73. The van der Waals surface area contributed by atoms with Gasteiger partial charge in [-0.1, -0.05) is 30.3 Å². The van der Waals surface area contributed by atoms with E-state index in [-0.39, 0.29) is 0 Å². The maximum absolute atomic E-state index is 5.96. The number of aryl methyl sites for hydroxylation is 1. The zero-order valence-corrected chi connectivity index (χ0v) is 11.2. The summed E-state index contributed by atoms with van der Waals surface area (Å²) in [5, 5.41) is 3.44. The van der Waals surface area contributed by atoms with E-state index in [1.807, 2.05) is 12.1 Å². The second kappa shape index (κ2) is 5.35. The second-order valence-electron chi connectivity index (χ2n) is 5.13. The third-order valence-corrected chi connectivity index (χ3v) is 3.65. The van der Waals surface area contributed by atoms with Crippen molar-refractivity contribution in [2.75, 3.05) is 18.5 Å². The van der Waals surface area contributed by atoms with Crippen LogP contribution in [0.1, 0.15) is 23.5 Å². The Balaban J connectivity index is 1.71. The molecule has 1 aliphatic heterocycles. The quantitative estimate of drug-likeness (QED) is 0.893. The first-order chi connectivity index (χ1) is 9.33. The van der Waals surface area contributed by atoms with Gasteiger partial charge in [0.15, 0.2) is 0 Å². The zero-order valence-electron chi connectivity index (χ0n) is 11.2. The van der Waals surface area contributed by atoms with Crippen LogP contribution in [0.4, 0.5) is 5.69 Å². The van der Waals surface area contributed by atoms with Gasteiger partial charge in [-0.05, 0) is 42.7 Å². The fraction of sp³-hybridized carbons (Fsp3) is 0.294. The molecule has 0 saturated carbocycles. The minimum Gasteiger partial charge on any atom is -0.493 e. The van der Waals surface area contributed by atoms with Crippen LogP contribution in [-0.2, 0) is 0 Å². The SMILES string of the molecule is Cc1cccc(OCC2CCNc3ccccc32)c1. The van der Waals surface area contributed by atoms with Gasteiger partial charge in [-0.3, -0.25) is 0 Å². The van der Waals surface area contributed by atoms with Crippen molar-refractivity contribution in [1.29, 1.82) is 0 Å². The van der Waals surface area contributed by atoms with Crippen LogP contribution in [0.15, 0.2) is 48.5 Å². The number of para-hydroxylation sites is 1. The highest BCUT2D eigenvalue weighted by atomic mass is 16.5. The highest BCUT2D eigenvalue weighted by molar-refractivity contribution is 5.54. The Morgan fingerprint density at radius 2 is 2.05 bits per heavy atom. The van der Waals surface area contributed by atoms with Crippen molar-refractivity contribution in [3.8, 4) is 5.75 Å². The Bertz CT molecular complexity index is 565. The van der Waals surface area contributed by atoms with Crippen LogP contribution < -0.4 is 10.1 Å². The molecule has 0 aliphatic carbocycles. The summed E-state index contributed by atoms with van der Waals surface area (Å²) in [4.78, 5) is 0. The molecule has 1 aliphatic rings. The predicted octanol–water partition coefficient (Wildman–Crippen LogP) is 3.97. The summed E-state index contributed by atoms with van der Waals surface area (Å²) in [5.41, 5.74) is 3.87. The van der Waals surface area contributed by atoms with Crippen molar-refractivity contribution in [3.63, 3.8) is 0 Å². The maximum Gasteiger partial charge on any atom is 0.119 e. The Morgan fingerprint density at radius 1 is 1.16 bits per heavy atom. The summed E-state index contributed by atoms with van der Waals surface area (Å²) in [6, 6.07) is 16.8. The van der Waals surface area contributed by atoms with Gasteiger partial charge in [-0.15, -0.1) is 0 Å². The molecule has 1 heterocycles. The lowest BCUT2D eigenvalue weighted by Gasteiger charge is -2.26. The van der Waals surface area contributed by atoms with Gasteiger partial charge >= 0.3 is 0 Å². The van der Waals surface area contributed by atoms with E-state index in [0.29, 0.717) is 5.92 Å².